The van der Waals surface area contributed by atoms with Gasteiger partial charge >= 0.3 is 0 Å². The Morgan fingerprint density at radius 2 is 0.341 bits per heavy atom. The van der Waals surface area contributed by atoms with Crippen LogP contribution < -0.4 is 17.0 Å². The average molecular weight is 704 g/mol. The third-order valence-corrected chi connectivity index (χ3v) is 13.3. The lowest BCUT2D eigenvalue weighted by Gasteiger charge is -2.12. The summed E-state index contributed by atoms with van der Waals surface area (Å²) in [5, 5.41) is 0. The van der Waals surface area contributed by atoms with E-state index in [1.54, 1.807) is 37.7 Å². The van der Waals surface area contributed by atoms with Gasteiger partial charge in [0.2, 0.25) is 0 Å². The van der Waals surface area contributed by atoms with Crippen LogP contribution in [0.5, 0.6) is 0 Å². The molecule has 0 radical (unpaired) electrons. The van der Waals surface area contributed by atoms with Crippen molar-refractivity contribution in [1.82, 2.24) is 0 Å². The van der Waals surface area contributed by atoms with Crippen LogP contribution in [0.2, 0.25) is 0 Å². The molecule has 0 amide bonds. The van der Waals surface area contributed by atoms with Gasteiger partial charge in [-0.2, -0.15) is 0 Å². The van der Waals surface area contributed by atoms with Crippen molar-refractivity contribution in [3.05, 3.63) is 0 Å². The zero-order chi connectivity index (χ0) is 31.2. The van der Waals surface area contributed by atoms with E-state index in [2.05, 4.69) is 20.8 Å². The molecule has 0 saturated carbocycles. The Morgan fingerprint density at radius 1 is 0.205 bits per heavy atom. The fourth-order valence-corrected chi connectivity index (χ4v) is 10.0. The van der Waals surface area contributed by atoms with E-state index in [-0.39, 0.29) is 24.9 Å². The molecular formula is C42H88BrP. The molecular weight excluding hydrogens is 615 g/mol. The monoisotopic (exact) mass is 703 g/mol. The van der Waals surface area contributed by atoms with Crippen molar-refractivity contribution in [2.75, 3.05) is 18.5 Å². The molecule has 0 aromatic carbocycles. The van der Waals surface area contributed by atoms with E-state index < -0.39 is 0 Å². The molecule has 0 bridgehead atoms. The molecule has 44 heavy (non-hydrogen) atoms. The summed E-state index contributed by atoms with van der Waals surface area (Å²) in [6, 6.07) is 0. The van der Waals surface area contributed by atoms with Crippen molar-refractivity contribution in [3.8, 4) is 0 Å². The fourth-order valence-electron chi connectivity index (χ4n) is 7.02. The quantitative estimate of drug-likeness (QED) is 0.0442. The summed E-state index contributed by atoms with van der Waals surface area (Å²) in [4.78, 5) is 0. The van der Waals surface area contributed by atoms with Gasteiger partial charge in [-0.3, -0.25) is 0 Å². The molecule has 0 fully saturated rings. The van der Waals surface area contributed by atoms with Gasteiger partial charge in [0.05, 0.1) is 18.5 Å². The number of hydrogen-bond acceptors (Lipinski definition) is 0. The minimum Gasteiger partial charge on any atom is -1.00 e. The van der Waals surface area contributed by atoms with Crippen molar-refractivity contribution in [2.24, 2.45) is 0 Å². The van der Waals surface area contributed by atoms with Gasteiger partial charge < -0.3 is 17.0 Å². The Hall–Kier alpha value is 0.910. The summed E-state index contributed by atoms with van der Waals surface area (Å²) in [5.41, 5.74) is 0. The zero-order valence-electron chi connectivity index (χ0n) is 31.5. The molecule has 0 heterocycles. The molecule has 0 aliphatic rings. The molecule has 0 rings (SSSR count). The predicted molar refractivity (Wildman–Crippen MR) is 206 cm³/mol. The molecule has 0 atom stereocenters. The van der Waals surface area contributed by atoms with E-state index in [1.807, 2.05) is 0 Å². The topological polar surface area (TPSA) is 0 Å². The SMILES string of the molecule is CCCCCCCCCCCCCC[PH+](CCCCCCCCCCCCCC)CCCCCCCCCCCCCC.[Br-]. The molecule has 0 unspecified atom stereocenters. The minimum atomic E-state index is -0.0804. The molecule has 0 nitrogen and oxygen atoms in total. The van der Waals surface area contributed by atoms with E-state index >= 15 is 0 Å². The van der Waals surface area contributed by atoms with Gasteiger partial charge in [0.25, 0.3) is 0 Å². The molecule has 0 spiro atoms. The zero-order valence-corrected chi connectivity index (χ0v) is 34.0. The lowest BCUT2D eigenvalue weighted by atomic mass is 10.1. The second-order valence-corrected chi connectivity index (χ2v) is 17.7. The molecule has 0 saturated heterocycles. The number of halogens is 1. The summed E-state index contributed by atoms with van der Waals surface area (Å²) < 4.78 is 0. The van der Waals surface area contributed by atoms with E-state index in [1.165, 1.54) is 212 Å². The van der Waals surface area contributed by atoms with Gasteiger partial charge in [-0.1, -0.05) is 213 Å². The second kappa shape index (κ2) is 43.9. The minimum absolute atomic E-state index is 0. The Kier molecular flexibility index (Phi) is 46.9. The maximum Gasteiger partial charge on any atom is 0.0571 e. The number of unbranched alkanes of at least 4 members (excludes halogenated alkanes) is 33. The summed E-state index contributed by atoms with van der Waals surface area (Å²) in [6.07, 6.45) is 58.5. The van der Waals surface area contributed by atoms with Crippen molar-refractivity contribution in [3.63, 3.8) is 0 Å². The first kappa shape index (κ1) is 47.0. The van der Waals surface area contributed by atoms with Crippen molar-refractivity contribution >= 4 is 7.92 Å². The Balaban J connectivity index is 0. The maximum atomic E-state index is 2.32. The molecule has 0 aliphatic heterocycles. The van der Waals surface area contributed by atoms with Crippen LogP contribution in [0, 0.1) is 0 Å². The molecule has 0 N–H and O–H groups in total. The van der Waals surface area contributed by atoms with Gasteiger partial charge in [-0.25, -0.2) is 0 Å². The van der Waals surface area contributed by atoms with Crippen LogP contribution in [0.4, 0.5) is 0 Å². The summed E-state index contributed by atoms with van der Waals surface area (Å²) >= 11 is 0. The van der Waals surface area contributed by atoms with Crippen molar-refractivity contribution in [2.45, 2.75) is 252 Å². The van der Waals surface area contributed by atoms with Crippen molar-refractivity contribution < 1.29 is 17.0 Å². The lowest BCUT2D eigenvalue weighted by molar-refractivity contribution is -0.00000961. The Labute approximate surface area is 294 Å². The van der Waals surface area contributed by atoms with Crippen LogP contribution in [-0.2, 0) is 0 Å². The highest BCUT2D eigenvalue weighted by Gasteiger charge is 2.14. The second-order valence-electron chi connectivity index (χ2n) is 14.7. The fraction of sp³-hybridized carbons (Fsp3) is 1.00. The van der Waals surface area contributed by atoms with Gasteiger partial charge in [0, 0.05) is 7.92 Å². The van der Waals surface area contributed by atoms with Crippen LogP contribution in [-0.4, -0.2) is 18.5 Å². The van der Waals surface area contributed by atoms with Crippen LogP contribution in [0.1, 0.15) is 252 Å². The number of rotatable bonds is 39. The Bertz CT molecular complexity index is 400. The summed E-state index contributed by atoms with van der Waals surface area (Å²) in [6.45, 7) is 6.97. The highest BCUT2D eigenvalue weighted by Crippen LogP contribution is 2.39. The average Bonchev–Trinajstić information content (AvgIpc) is 3.02. The van der Waals surface area contributed by atoms with Crippen LogP contribution in [0.25, 0.3) is 0 Å². The normalized spacial score (nSPS) is 11.5. The third kappa shape index (κ3) is 40.9. The first-order valence-electron chi connectivity index (χ1n) is 21.2. The van der Waals surface area contributed by atoms with Gasteiger partial charge in [0.15, 0.2) is 0 Å². The summed E-state index contributed by atoms with van der Waals surface area (Å²) in [5.74, 6) is 0. The maximum absolute atomic E-state index is 2.32. The van der Waals surface area contributed by atoms with Gasteiger partial charge in [-0.15, -0.1) is 0 Å². The van der Waals surface area contributed by atoms with Crippen LogP contribution >= 0.6 is 7.92 Å². The molecule has 0 aliphatic carbocycles. The smallest absolute Gasteiger partial charge is 0.0571 e. The first-order chi connectivity index (χ1) is 21.3. The molecule has 268 valence electrons. The van der Waals surface area contributed by atoms with Crippen LogP contribution in [0.3, 0.4) is 0 Å². The first-order valence-corrected chi connectivity index (χ1v) is 23.3. The van der Waals surface area contributed by atoms with Crippen LogP contribution in [0.15, 0.2) is 0 Å². The van der Waals surface area contributed by atoms with E-state index in [9.17, 15) is 0 Å². The third-order valence-electron chi connectivity index (χ3n) is 10.2. The molecule has 0 aromatic rings. The molecule has 0 aromatic heterocycles. The van der Waals surface area contributed by atoms with Gasteiger partial charge in [0.1, 0.15) is 0 Å². The largest absolute Gasteiger partial charge is 1.00 e. The van der Waals surface area contributed by atoms with Crippen molar-refractivity contribution in [1.29, 1.82) is 0 Å². The highest BCUT2D eigenvalue weighted by atomic mass is 79.9. The van der Waals surface area contributed by atoms with E-state index in [0.29, 0.717) is 0 Å². The highest BCUT2D eigenvalue weighted by molar-refractivity contribution is 7.57. The standard InChI is InChI=1S/C42H87P.BrH/c1-4-7-10-13-16-19-22-25-28-31-34-37-40-43(41-38-35-32-29-26-23-20-17-14-11-8-5-2)42-39-36-33-30-27-24-21-18-15-12-9-6-3;/h4-42H2,1-3H3;1H. The Morgan fingerprint density at radius 3 is 0.500 bits per heavy atom. The predicted octanol–water partition coefficient (Wildman–Crippen LogP) is 13.3. The number of hydrogen-bond donors (Lipinski definition) is 0. The lowest BCUT2D eigenvalue weighted by Crippen LogP contribution is -3.00. The summed E-state index contributed by atoms with van der Waals surface area (Å²) in [7, 11) is -0.0804. The van der Waals surface area contributed by atoms with E-state index in [4.69, 9.17) is 0 Å². The molecule has 2 heteroatoms. The van der Waals surface area contributed by atoms with Gasteiger partial charge in [-0.05, 0) is 38.5 Å². The van der Waals surface area contributed by atoms with E-state index in [0.717, 1.165) is 0 Å².